The van der Waals surface area contributed by atoms with Crippen LogP contribution in [0.15, 0.2) is 48.5 Å². The lowest BCUT2D eigenvalue weighted by molar-refractivity contribution is -0.248. The standard InChI is InChI=1S/C28H34O4/c1-27-17-25(29-2)26-22-11-9-21(30-18-19-6-4-3-5-7-19)16-20(22)8-10-23(26)24(27)12-13-28(27)31-14-15-32-28/h3-7,9,11,16,23-26H,8,10,12-15,17-18H2,1-2H3/t23-,24-,25-,26+,27-/m0/s1. The number of fused-ring (bicyclic) bond motifs is 6. The lowest BCUT2D eigenvalue weighted by atomic mass is 9.53. The first-order valence-corrected chi connectivity index (χ1v) is 12.2. The molecule has 1 heterocycles. The molecule has 32 heavy (non-hydrogen) atoms. The Morgan fingerprint density at radius 2 is 1.84 bits per heavy atom. The fourth-order valence-electron chi connectivity index (χ4n) is 7.54. The van der Waals surface area contributed by atoms with E-state index in [1.54, 1.807) is 0 Å². The molecule has 1 aliphatic heterocycles. The van der Waals surface area contributed by atoms with Crippen LogP contribution in [0.25, 0.3) is 0 Å². The molecule has 5 atom stereocenters. The summed E-state index contributed by atoms with van der Waals surface area (Å²) < 4.78 is 24.9. The number of rotatable bonds is 4. The van der Waals surface area contributed by atoms with E-state index in [-0.39, 0.29) is 11.5 Å². The Morgan fingerprint density at radius 3 is 2.62 bits per heavy atom. The highest BCUT2D eigenvalue weighted by Gasteiger charge is 2.67. The zero-order valence-electron chi connectivity index (χ0n) is 19.2. The minimum atomic E-state index is -0.394. The van der Waals surface area contributed by atoms with Crippen molar-refractivity contribution in [1.82, 2.24) is 0 Å². The molecule has 6 rings (SSSR count). The van der Waals surface area contributed by atoms with E-state index in [0.29, 0.717) is 24.4 Å². The molecule has 0 N–H and O–H groups in total. The first-order chi connectivity index (χ1) is 15.6. The third kappa shape index (κ3) is 3.07. The van der Waals surface area contributed by atoms with Crippen molar-refractivity contribution in [2.24, 2.45) is 17.3 Å². The highest BCUT2D eigenvalue weighted by molar-refractivity contribution is 5.42. The molecule has 3 fully saturated rings. The molecule has 1 saturated heterocycles. The van der Waals surface area contributed by atoms with Crippen molar-refractivity contribution in [3.8, 4) is 5.75 Å². The molecule has 0 unspecified atom stereocenters. The zero-order chi connectivity index (χ0) is 21.8. The van der Waals surface area contributed by atoms with E-state index >= 15 is 0 Å². The summed E-state index contributed by atoms with van der Waals surface area (Å²) in [6.45, 7) is 4.47. The molecule has 1 spiro atoms. The smallest absolute Gasteiger partial charge is 0.174 e. The van der Waals surface area contributed by atoms with Gasteiger partial charge >= 0.3 is 0 Å². The minimum Gasteiger partial charge on any atom is -0.489 e. The van der Waals surface area contributed by atoms with E-state index in [0.717, 1.165) is 38.2 Å². The normalized spacial score (nSPS) is 34.7. The van der Waals surface area contributed by atoms with Gasteiger partial charge in [0.2, 0.25) is 0 Å². The summed E-state index contributed by atoms with van der Waals surface area (Å²) in [7, 11) is 1.88. The summed E-state index contributed by atoms with van der Waals surface area (Å²) in [6.07, 6.45) is 5.72. The lowest BCUT2D eigenvalue weighted by Gasteiger charge is -2.55. The maximum absolute atomic E-state index is 6.30. The van der Waals surface area contributed by atoms with E-state index in [9.17, 15) is 0 Å². The second kappa shape index (κ2) is 7.86. The quantitative estimate of drug-likeness (QED) is 0.638. The van der Waals surface area contributed by atoms with Gasteiger partial charge in [-0.25, -0.2) is 0 Å². The molecule has 2 saturated carbocycles. The highest BCUT2D eigenvalue weighted by Crippen LogP contribution is 2.66. The van der Waals surface area contributed by atoms with Crippen molar-refractivity contribution < 1.29 is 18.9 Å². The van der Waals surface area contributed by atoms with E-state index in [2.05, 4.69) is 49.4 Å². The van der Waals surface area contributed by atoms with Gasteiger partial charge in [-0.3, -0.25) is 0 Å². The summed E-state index contributed by atoms with van der Waals surface area (Å²) >= 11 is 0. The van der Waals surface area contributed by atoms with Crippen molar-refractivity contribution in [3.63, 3.8) is 0 Å². The molecule has 0 amide bonds. The number of benzene rings is 2. The number of methoxy groups -OCH3 is 1. The van der Waals surface area contributed by atoms with Crippen LogP contribution in [-0.2, 0) is 27.2 Å². The summed E-state index contributed by atoms with van der Waals surface area (Å²) in [5.41, 5.74) is 4.13. The molecular formula is C28H34O4. The van der Waals surface area contributed by atoms with Crippen LogP contribution in [0, 0.1) is 17.3 Å². The van der Waals surface area contributed by atoms with Gasteiger partial charge in [-0.2, -0.15) is 0 Å². The van der Waals surface area contributed by atoms with Gasteiger partial charge < -0.3 is 18.9 Å². The molecule has 4 nitrogen and oxygen atoms in total. The van der Waals surface area contributed by atoms with Crippen LogP contribution in [0.1, 0.15) is 55.2 Å². The Balaban J connectivity index is 1.27. The number of ether oxygens (including phenoxy) is 4. The van der Waals surface area contributed by atoms with Crippen molar-refractivity contribution in [1.29, 1.82) is 0 Å². The first kappa shape index (κ1) is 20.7. The average Bonchev–Trinajstić information content (AvgIpc) is 3.43. The molecule has 0 bridgehead atoms. The molecule has 2 aromatic rings. The van der Waals surface area contributed by atoms with Gasteiger partial charge in [-0.15, -0.1) is 0 Å². The van der Waals surface area contributed by atoms with E-state index in [4.69, 9.17) is 18.9 Å². The molecule has 3 aliphatic carbocycles. The van der Waals surface area contributed by atoms with Crippen LogP contribution in [-0.4, -0.2) is 32.2 Å². The predicted molar refractivity (Wildman–Crippen MR) is 123 cm³/mol. The topological polar surface area (TPSA) is 36.9 Å². The Hall–Kier alpha value is -1.88. The molecule has 4 heteroatoms. The van der Waals surface area contributed by atoms with Gasteiger partial charge in [0.15, 0.2) is 5.79 Å². The Bertz CT molecular complexity index is 967. The molecular weight excluding hydrogens is 400 g/mol. The summed E-state index contributed by atoms with van der Waals surface area (Å²) in [5.74, 6) is 2.26. The third-order valence-corrected chi connectivity index (χ3v) is 9.00. The molecule has 0 aromatic heterocycles. The molecule has 4 aliphatic rings. The van der Waals surface area contributed by atoms with Crippen LogP contribution in [0.5, 0.6) is 5.75 Å². The SMILES string of the molecule is CO[C@H]1C[C@@]2(C)[C@@H](CCC23OCCO3)[C@@H]2CCc3cc(OCc4ccccc4)ccc3[C@H]21. The second-order valence-electron chi connectivity index (χ2n) is 10.4. The van der Waals surface area contributed by atoms with Gasteiger partial charge in [0.1, 0.15) is 12.4 Å². The van der Waals surface area contributed by atoms with Crippen LogP contribution in [0.4, 0.5) is 0 Å². The number of hydrogen-bond donors (Lipinski definition) is 0. The first-order valence-electron chi connectivity index (χ1n) is 12.2. The average molecular weight is 435 g/mol. The second-order valence-corrected chi connectivity index (χ2v) is 10.4. The van der Waals surface area contributed by atoms with Gasteiger partial charge in [-0.1, -0.05) is 43.3 Å². The Morgan fingerprint density at radius 1 is 1.03 bits per heavy atom. The Labute approximate surface area is 191 Å². The third-order valence-electron chi connectivity index (χ3n) is 9.00. The van der Waals surface area contributed by atoms with Crippen LogP contribution in [0.2, 0.25) is 0 Å². The maximum atomic E-state index is 6.30. The highest BCUT2D eigenvalue weighted by atomic mass is 16.7. The van der Waals surface area contributed by atoms with Crippen molar-refractivity contribution in [3.05, 3.63) is 65.2 Å². The van der Waals surface area contributed by atoms with E-state index in [1.165, 1.54) is 29.5 Å². The fourth-order valence-corrected chi connectivity index (χ4v) is 7.54. The zero-order valence-corrected chi connectivity index (χ0v) is 19.2. The number of aryl methyl sites for hydroxylation is 1. The minimum absolute atomic E-state index is 0.0293. The molecule has 0 radical (unpaired) electrons. The van der Waals surface area contributed by atoms with Crippen molar-refractivity contribution >= 4 is 0 Å². The fraction of sp³-hybridized carbons (Fsp3) is 0.571. The summed E-state index contributed by atoms with van der Waals surface area (Å²) in [5, 5.41) is 0. The van der Waals surface area contributed by atoms with Gasteiger partial charge in [0, 0.05) is 24.9 Å². The summed E-state index contributed by atoms with van der Waals surface area (Å²) in [6, 6.07) is 17.1. The van der Waals surface area contributed by atoms with Crippen molar-refractivity contribution in [2.45, 2.75) is 63.4 Å². The van der Waals surface area contributed by atoms with Crippen LogP contribution >= 0.6 is 0 Å². The van der Waals surface area contributed by atoms with Crippen molar-refractivity contribution in [2.75, 3.05) is 20.3 Å². The van der Waals surface area contributed by atoms with Gasteiger partial charge in [0.25, 0.3) is 0 Å². The molecule has 2 aromatic carbocycles. The Kier molecular flexibility index (Phi) is 5.09. The van der Waals surface area contributed by atoms with Crippen LogP contribution < -0.4 is 4.74 Å². The number of hydrogen-bond acceptors (Lipinski definition) is 4. The monoisotopic (exact) mass is 434 g/mol. The predicted octanol–water partition coefficient (Wildman–Crippen LogP) is 5.49. The summed E-state index contributed by atoms with van der Waals surface area (Å²) in [4.78, 5) is 0. The van der Waals surface area contributed by atoms with Crippen LogP contribution in [0.3, 0.4) is 0 Å². The lowest BCUT2D eigenvalue weighted by Crippen LogP contribution is -2.55. The van der Waals surface area contributed by atoms with Gasteiger partial charge in [0.05, 0.1) is 19.3 Å². The largest absolute Gasteiger partial charge is 0.489 e. The van der Waals surface area contributed by atoms with E-state index < -0.39 is 5.79 Å². The molecule has 170 valence electrons. The van der Waals surface area contributed by atoms with Gasteiger partial charge in [-0.05, 0) is 66.3 Å². The van der Waals surface area contributed by atoms with E-state index in [1.807, 2.05) is 13.2 Å². The maximum Gasteiger partial charge on any atom is 0.174 e.